The molecular formula is C21H20N2O5. The molecule has 0 N–H and O–H groups in total. The van der Waals surface area contributed by atoms with Crippen LogP contribution in [0.1, 0.15) is 37.5 Å². The topological polar surface area (TPSA) is 91.0 Å². The molecule has 0 atom stereocenters. The van der Waals surface area contributed by atoms with E-state index in [4.69, 9.17) is 9.47 Å². The van der Waals surface area contributed by atoms with Crippen LogP contribution in [-0.2, 0) is 14.9 Å². The second-order valence-electron chi connectivity index (χ2n) is 7.35. The van der Waals surface area contributed by atoms with Crippen molar-refractivity contribution in [1.29, 1.82) is 0 Å². The standard InChI is InChI=1S/C21H20N2O5/c1-21(2,3)15-8-5-13(6-9-15)11-16-20(24)28-19(22-16)14-7-10-18(27-4)17(12-14)23(25)26/h5-12H,1-4H3/b16-11+. The van der Waals surface area contributed by atoms with E-state index in [1.165, 1.54) is 24.8 Å². The summed E-state index contributed by atoms with van der Waals surface area (Å²) in [6, 6.07) is 12.1. The van der Waals surface area contributed by atoms with Crippen molar-refractivity contribution in [1.82, 2.24) is 0 Å². The van der Waals surface area contributed by atoms with E-state index < -0.39 is 10.9 Å². The molecule has 2 aromatic carbocycles. The van der Waals surface area contributed by atoms with Crippen molar-refractivity contribution in [2.45, 2.75) is 26.2 Å². The van der Waals surface area contributed by atoms with Crippen LogP contribution in [0.5, 0.6) is 5.75 Å². The highest BCUT2D eigenvalue weighted by atomic mass is 16.6. The molecule has 1 aliphatic heterocycles. The molecule has 0 amide bonds. The summed E-state index contributed by atoms with van der Waals surface area (Å²) in [4.78, 5) is 27.0. The summed E-state index contributed by atoms with van der Waals surface area (Å²) in [6.07, 6.45) is 1.62. The number of hydrogen-bond acceptors (Lipinski definition) is 6. The van der Waals surface area contributed by atoms with Gasteiger partial charge in [-0.15, -0.1) is 0 Å². The van der Waals surface area contributed by atoms with Gasteiger partial charge in [0, 0.05) is 11.6 Å². The summed E-state index contributed by atoms with van der Waals surface area (Å²) in [5.74, 6) is -0.463. The van der Waals surface area contributed by atoms with E-state index in [-0.39, 0.29) is 28.4 Å². The van der Waals surface area contributed by atoms with Gasteiger partial charge in [-0.3, -0.25) is 10.1 Å². The summed E-state index contributed by atoms with van der Waals surface area (Å²) in [6.45, 7) is 6.37. The van der Waals surface area contributed by atoms with Gasteiger partial charge >= 0.3 is 11.7 Å². The maximum Gasteiger partial charge on any atom is 0.363 e. The summed E-state index contributed by atoms with van der Waals surface area (Å²) in [5.41, 5.74) is 2.26. The second-order valence-corrected chi connectivity index (χ2v) is 7.35. The van der Waals surface area contributed by atoms with Crippen molar-refractivity contribution in [3.63, 3.8) is 0 Å². The van der Waals surface area contributed by atoms with Gasteiger partial charge in [-0.05, 0) is 34.8 Å². The van der Waals surface area contributed by atoms with Crippen LogP contribution in [0, 0.1) is 10.1 Å². The molecule has 0 spiro atoms. The normalized spacial score (nSPS) is 15.4. The first-order valence-electron chi connectivity index (χ1n) is 8.65. The van der Waals surface area contributed by atoms with Crippen LogP contribution >= 0.6 is 0 Å². The van der Waals surface area contributed by atoms with Crippen LogP contribution in [0.15, 0.2) is 53.2 Å². The lowest BCUT2D eigenvalue weighted by atomic mass is 9.87. The van der Waals surface area contributed by atoms with E-state index in [0.717, 1.165) is 5.56 Å². The van der Waals surface area contributed by atoms with Gasteiger partial charge in [0.1, 0.15) is 0 Å². The number of ether oxygens (including phenoxy) is 2. The Kier molecular flexibility index (Phi) is 5.00. The predicted molar refractivity (Wildman–Crippen MR) is 105 cm³/mol. The number of nitro groups is 1. The lowest BCUT2D eigenvalue weighted by Gasteiger charge is -2.18. The highest BCUT2D eigenvalue weighted by Gasteiger charge is 2.26. The summed E-state index contributed by atoms with van der Waals surface area (Å²) in [7, 11) is 1.35. The second kappa shape index (κ2) is 7.26. The van der Waals surface area contributed by atoms with Crippen molar-refractivity contribution in [2.24, 2.45) is 4.99 Å². The molecule has 0 saturated carbocycles. The monoisotopic (exact) mass is 380 g/mol. The molecule has 2 aromatic rings. The van der Waals surface area contributed by atoms with Gasteiger partial charge < -0.3 is 9.47 Å². The molecule has 3 rings (SSSR count). The molecular weight excluding hydrogens is 360 g/mol. The number of aliphatic imine (C=N–C) groups is 1. The van der Waals surface area contributed by atoms with E-state index in [1.54, 1.807) is 12.1 Å². The zero-order chi connectivity index (χ0) is 20.5. The number of nitrogens with zero attached hydrogens (tertiary/aromatic N) is 2. The minimum atomic E-state index is -0.603. The summed E-state index contributed by atoms with van der Waals surface area (Å²) in [5, 5.41) is 11.2. The Morgan fingerprint density at radius 1 is 1.14 bits per heavy atom. The van der Waals surface area contributed by atoms with Gasteiger partial charge in [0.2, 0.25) is 5.90 Å². The number of carbonyl (C=O) groups is 1. The number of rotatable bonds is 4. The van der Waals surface area contributed by atoms with E-state index in [0.29, 0.717) is 5.56 Å². The summed E-state index contributed by atoms with van der Waals surface area (Å²) >= 11 is 0. The quantitative estimate of drug-likeness (QED) is 0.342. The molecule has 7 nitrogen and oxygen atoms in total. The van der Waals surface area contributed by atoms with Gasteiger partial charge in [0.25, 0.3) is 0 Å². The van der Waals surface area contributed by atoms with E-state index in [1.807, 2.05) is 24.3 Å². The van der Waals surface area contributed by atoms with E-state index >= 15 is 0 Å². The molecule has 0 bridgehead atoms. The number of nitro benzene ring substituents is 1. The number of carbonyl (C=O) groups excluding carboxylic acids is 1. The van der Waals surface area contributed by atoms with Crippen molar-refractivity contribution >= 4 is 23.6 Å². The Bertz CT molecular complexity index is 998. The number of methoxy groups -OCH3 is 1. The maximum atomic E-state index is 12.2. The zero-order valence-corrected chi connectivity index (χ0v) is 16.1. The Morgan fingerprint density at radius 2 is 1.82 bits per heavy atom. The fourth-order valence-electron chi connectivity index (χ4n) is 2.74. The van der Waals surface area contributed by atoms with E-state index in [9.17, 15) is 14.9 Å². The van der Waals surface area contributed by atoms with Crippen LogP contribution < -0.4 is 4.74 Å². The third-order valence-corrected chi connectivity index (χ3v) is 4.32. The molecule has 0 aliphatic carbocycles. The van der Waals surface area contributed by atoms with Crippen LogP contribution in [0.25, 0.3) is 6.08 Å². The van der Waals surface area contributed by atoms with Gasteiger partial charge in [-0.25, -0.2) is 9.79 Å². The van der Waals surface area contributed by atoms with Crippen LogP contribution in [0.3, 0.4) is 0 Å². The average Bonchev–Trinajstić information content (AvgIpc) is 3.01. The van der Waals surface area contributed by atoms with Gasteiger partial charge in [0.05, 0.1) is 12.0 Å². The molecule has 0 aromatic heterocycles. The number of hydrogen-bond donors (Lipinski definition) is 0. The maximum absolute atomic E-state index is 12.2. The zero-order valence-electron chi connectivity index (χ0n) is 16.1. The molecule has 1 heterocycles. The molecule has 7 heteroatoms. The van der Waals surface area contributed by atoms with Crippen LogP contribution in [0.2, 0.25) is 0 Å². The first kappa shape index (κ1) is 19.3. The summed E-state index contributed by atoms with van der Waals surface area (Å²) < 4.78 is 10.2. The van der Waals surface area contributed by atoms with Crippen molar-refractivity contribution < 1.29 is 19.2 Å². The van der Waals surface area contributed by atoms with Gasteiger partial charge in [-0.2, -0.15) is 0 Å². The van der Waals surface area contributed by atoms with Crippen LogP contribution in [0.4, 0.5) is 5.69 Å². The smallest absolute Gasteiger partial charge is 0.363 e. The Morgan fingerprint density at radius 3 is 2.39 bits per heavy atom. The molecule has 0 unspecified atom stereocenters. The molecule has 0 radical (unpaired) electrons. The lowest BCUT2D eigenvalue weighted by molar-refractivity contribution is -0.385. The Labute approximate surface area is 162 Å². The van der Waals surface area contributed by atoms with Crippen molar-refractivity contribution in [3.05, 3.63) is 75.0 Å². The third kappa shape index (κ3) is 3.93. The van der Waals surface area contributed by atoms with Crippen molar-refractivity contribution in [2.75, 3.05) is 7.11 Å². The van der Waals surface area contributed by atoms with Gasteiger partial charge in [0.15, 0.2) is 11.4 Å². The number of cyclic esters (lactones) is 1. The largest absolute Gasteiger partial charge is 0.490 e. The fraction of sp³-hybridized carbons (Fsp3) is 0.238. The fourth-order valence-corrected chi connectivity index (χ4v) is 2.74. The van der Waals surface area contributed by atoms with E-state index in [2.05, 4.69) is 25.8 Å². The Hall–Kier alpha value is -3.48. The number of esters is 1. The SMILES string of the molecule is COc1ccc(C2=N/C(=C/c3ccc(C(C)(C)C)cc3)C(=O)O2)cc1[N+](=O)[O-]. The first-order chi connectivity index (χ1) is 13.2. The highest BCUT2D eigenvalue weighted by Crippen LogP contribution is 2.29. The average molecular weight is 380 g/mol. The number of benzene rings is 2. The third-order valence-electron chi connectivity index (χ3n) is 4.32. The minimum absolute atomic E-state index is 0.0216. The molecule has 0 fully saturated rings. The molecule has 1 aliphatic rings. The predicted octanol–water partition coefficient (Wildman–Crippen LogP) is 4.25. The molecule has 144 valence electrons. The van der Waals surface area contributed by atoms with Crippen LogP contribution in [-0.4, -0.2) is 23.9 Å². The minimum Gasteiger partial charge on any atom is -0.490 e. The van der Waals surface area contributed by atoms with Crippen molar-refractivity contribution in [3.8, 4) is 5.75 Å². The van der Waals surface area contributed by atoms with Gasteiger partial charge in [-0.1, -0.05) is 45.0 Å². The lowest BCUT2D eigenvalue weighted by Crippen LogP contribution is -2.10. The molecule has 28 heavy (non-hydrogen) atoms. The molecule has 0 saturated heterocycles. The first-order valence-corrected chi connectivity index (χ1v) is 8.65. The highest BCUT2D eigenvalue weighted by molar-refractivity contribution is 6.13. The Balaban J connectivity index is 1.92.